The number of hydrogen-bond acceptors (Lipinski definition) is 4. The molecule has 100 valence electrons. The summed E-state index contributed by atoms with van der Waals surface area (Å²) in [7, 11) is 2.24. The van der Waals surface area contributed by atoms with E-state index in [2.05, 4.69) is 22.6 Å². The number of likely N-dealkylation sites (N-methyl/N-ethyl adjacent to an activating group) is 1. The van der Waals surface area contributed by atoms with Crippen molar-refractivity contribution in [2.24, 2.45) is 0 Å². The monoisotopic (exact) mass is 265 g/mol. The minimum absolute atomic E-state index is 0.690. The lowest BCUT2D eigenvalue weighted by Gasteiger charge is -2.32. The molecule has 1 atom stereocenters. The van der Waals surface area contributed by atoms with Crippen LogP contribution in [0.3, 0.4) is 0 Å². The average Bonchev–Trinajstić information content (AvgIpc) is 2.74. The van der Waals surface area contributed by atoms with Gasteiger partial charge < -0.3 is 10.2 Å². The van der Waals surface area contributed by atoms with Crippen molar-refractivity contribution in [1.29, 1.82) is 0 Å². The predicted molar refractivity (Wildman–Crippen MR) is 76.3 cm³/mol. The van der Waals surface area contributed by atoms with Crippen molar-refractivity contribution < 1.29 is 0 Å². The van der Waals surface area contributed by atoms with E-state index in [1.807, 2.05) is 11.3 Å². The maximum absolute atomic E-state index is 4.82. The van der Waals surface area contributed by atoms with E-state index in [1.54, 1.807) is 0 Å². The molecule has 1 aliphatic heterocycles. The Morgan fingerprint density at radius 1 is 1.50 bits per heavy atom. The Hall–Kier alpha value is -0.450. The molecule has 3 nitrogen and oxygen atoms in total. The van der Waals surface area contributed by atoms with E-state index in [1.165, 1.54) is 42.9 Å². The molecule has 3 rings (SSSR count). The van der Waals surface area contributed by atoms with Crippen LogP contribution in [0.25, 0.3) is 0 Å². The summed E-state index contributed by atoms with van der Waals surface area (Å²) in [5.41, 5.74) is 1.37. The molecule has 0 radical (unpaired) electrons. The van der Waals surface area contributed by atoms with Gasteiger partial charge in [-0.1, -0.05) is 6.42 Å². The zero-order chi connectivity index (χ0) is 12.4. The first-order valence-electron chi connectivity index (χ1n) is 7.18. The van der Waals surface area contributed by atoms with Gasteiger partial charge in [0.25, 0.3) is 0 Å². The van der Waals surface area contributed by atoms with E-state index < -0.39 is 0 Å². The van der Waals surface area contributed by atoms with Crippen molar-refractivity contribution in [2.45, 2.75) is 44.1 Å². The highest BCUT2D eigenvalue weighted by atomic mass is 32.1. The van der Waals surface area contributed by atoms with E-state index in [-0.39, 0.29) is 0 Å². The van der Waals surface area contributed by atoms with Gasteiger partial charge in [-0.25, -0.2) is 4.98 Å². The van der Waals surface area contributed by atoms with Crippen molar-refractivity contribution >= 4 is 11.3 Å². The Morgan fingerprint density at radius 3 is 3.11 bits per heavy atom. The first-order chi connectivity index (χ1) is 8.83. The van der Waals surface area contributed by atoms with Gasteiger partial charge >= 0.3 is 0 Å². The highest BCUT2D eigenvalue weighted by Crippen LogP contribution is 2.36. The molecule has 2 fully saturated rings. The number of aromatic nitrogens is 1. The number of nitrogens with zero attached hydrogens (tertiary/aromatic N) is 2. The summed E-state index contributed by atoms with van der Waals surface area (Å²) >= 11 is 1.87. The van der Waals surface area contributed by atoms with Crippen LogP contribution < -0.4 is 5.32 Å². The highest BCUT2D eigenvalue weighted by Gasteiger charge is 2.23. The minimum Gasteiger partial charge on any atom is -0.314 e. The molecule has 0 aromatic carbocycles. The summed E-state index contributed by atoms with van der Waals surface area (Å²) in [4.78, 5) is 7.30. The first-order valence-corrected chi connectivity index (χ1v) is 8.06. The molecule has 0 amide bonds. The van der Waals surface area contributed by atoms with Gasteiger partial charge in [-0.2, -0.15) is 0 Å². The maximum atomic E-state index is 4.82. The van der Waals surface area contributed by atoms with Crippen LogP contribution in [0.2, 0.25) is 0 Å². The highest BCUT2D eigenvalue weighted by molar-refractivity contribution is 7.09. The smallest absolute Gasteiger partial charge is 0.0928 e. The molecule has 2 aliphatic rings. The van der Waals surface area contributed by atoms with Gasteiger partial charge in [-0.15, -0.1) is 11.3 Å². The number of aryl methyl sites for hydroxylation is 1. The lowest BCUT2D eigenvalue weighted by atomic mass is 9.83. The van der Waals surface area contributed by atoms with Crippen LogP contribution in [0.1, 0.15) is 42.3 Å². The summed E-state index contributed by atoms with van der Waals surface area (Å²) in [5, 5.41) is 7.12. The van der Waals surface area contributed by atoms with Gasteiger partial charge in [0.1, 0.15) is 0 Å². The fraction of sp³-hybridized carbons (Fsp3) is 0.786. The van der Waals surface area contributed by atoms with Crippen molar-refractivity contribution in [3.8, 4) is 0 Å². The van der Waals surface area contributed by atoms with Crippen molar-refractivity contribution in [1.82, 2.24) is 15.2 Å². The average molecular weight is 265 g/mol. The number of nitrogens with one attached hydrogen (secondary N) is 1. The van der Waals surface area contributed by atoms with Crippen LogP contribution in [0.5, 0.6) is 0 Å². The van der Waals surface area contributed by atoms with Crippen LogP contribution >= 0.6 is 11.3 Å². The van der Waals surface area contributed by atoms with Crippen LogP contribution in [0, 0.1) is 0 Å². The molecular formula is C14H23N3S. The molecular weight excluding hydrogens is 242 g/mol. The fourth-order valence-corrected chi connectivity index (χ4v) is 3.70. The molecule has 18 heavy (non-hydrogen) atoms. The second-order valence-electron chi connectivity index (χ2n) is 5.67. The van der Waals surface area contributed by atoms with Crippen molar-refractivity contribution in [3.05, 3.63) is 16.1 Å². The predicted octanol–water partition coefficient (Wildman–Crippen LogP) is 2.25. The molecule has 0 bridgehead atoms. The molecule has 1 saturated carbocycles. The summed E-state index contributed by atoms with van der Waals surface area (Å²) in [6.45, 7) is 3.45. The van der Waals surface area contributed by atoms with Gasteiger partial charge in [-0.05, 0) is 26.3 Å². The lowest BCUT2D eigenvalue weighted by molar-refractivity contribution is 0.190. The summed E-state index contributed by atoms with van der Waals surface area (Å²) in [5.74, 6) is 0.786. The second kappa shape index (κ2) is 5.68. The number of thiazole rings is 1. The third-order valence-electron chi connectivity index (χ3n) is 4.43. The fourth-order valence-electron chi connectivity index (χ4n) is 2.81. The molecule has 2 heterocycles. The maximum Gasteiger partial charge on any atom is 0.0928 e. The van der Waals surface area contributed by atoms with Crippen LogP contribution in [-0.4, -0.2) is 42.6 Å². The number of hydrogen-bond donors (Lipinski definition) is 1. The summed E-state index contributed by atoms with van der Waals surface area (Å²) in [6, 6.07) is 0.690. The van der Waals surface area contributed by atoms with Crippen molar-refractivity contribution in [3.63, 3.8) is 0 Å². The molecule has 4 heteroatoms. The van der Waals surface area contributed by atoms with E-state index in [4.69, 9.17) is 4.98 Å². The molecule has 1 N–H and O–H groups in total. The number of rotatable bonds is 4. The van der Waals surface area contributed by atoms with Gasteiger partial charge in [0.15, 0.2) is 0 Å². The standard InChI is InChI=1S/C14H23N3S/c1-17-8-7-15-9-12(17)5-6-14-16-13(10-18-14)11-3-2-4-11/h10-12,15H,2-9H2,1H3. The van der Waals surface area contributed by atoms with Crippen LogP contribution in [-0.2, 0) is 6.42 Å². The zero-order valence-electron chi connectivity index (χ0n) is 11.2. The Kier molecular flexibility index (Phi) is 3.97. The third kappa shape index (κ3) is 2.76. The van der Waals surface area contributed by atoms with E-state index in [0.717, 1.165) is 25.4 Å². The first kappa shape index (κ1) is 12.6. The molecule has 0 spiro atoms. The summed E-state index contributed by atoms with van der Waals surface area (Å²) in [6.07, 6.45) is 6.50. The lowest BCUT2D eigenvalue weighted by Crippen LogP contribution is -2.49. The Labute approximate surface area is 114 Å². The van der Waals surface area contributed by atoms with Crippen LogP contribution in [0.15, 0.2) is 5.38 Å². The number of piperazine rings is 1. The van der Waals surface area contributed by atoms with Crippen LogP contribution in [0.4, 0.5) is 0 Å². The Morgan fingerprint density at radius 2 is 2.39 bits per heavy atom. The Bertz CT molecular complexity index is 386. The van der Waals surface area contributed by atoms with Gasteiger partial charge in [0.05, 0.1) is 10.7 Å². The van der Waals surface area contributed by atoms with Crippen molar-refractivity contribution in [2.75, 3.05) is 26.7 Å². The molecule has 1 aliphatic carbocycles. The van der Waals surface area contributed by atoms with E-state index in [0.29, 0.717) is 6.04 Å². The quantitative estimate of drug-likeness (QED) is 0.905. The SMILES string of the molecule is CN1CCNCC1CCc1nc(C2CCC2)cs1. The zero-order valence-corrected chi connectivity index (χ0v) is 12.0. The molecule has 1 aromatic rings. The molecule has 1 aromatic heterocycles. The third-order valence-corrected chi connectivity index (χ3v) is 5.36. The minimum atomic E-state index is 0.690. The second-order valence-corrected chi connectivity index (χ2v) is 6.61. The summed E-state index contributed by atoms with van der Waals surface area (Å²) < 4.78 is 0. The normalized spacial score (nSPS) is 26.2. The molecule has 1 saturated heterocycles. The topological polar surface area (TPSA) is 28.2 Å². The largest absolute Gasteiger partial charge is 0.314 e. The van der Waals surface area contributed by atoms with E-state index >= 15 is 0 Å². The van der Waals surface area contributed by atoms with Gasteiger partial charge in [-0.3, -0.25) is 0 Å². The van der Waals surface area contributed by atoms with Gasteiger partial charge in [0, 0.05) is 43.4 Å². The Balaban J connectivity index is 1.51. The van der Waals surface area contributed by atoms with Gasteiger partial charge in [0.2, 0.25) is 0 Å². The van der Waals surface area contributed by atoms with E-state index in [9.17, 15) is 0 Å². The molecule has 1 unspecified atom stereocenters.